The summed E-state index contributed by atoms with van der Waals surface area (Å²) in [5, 5.41) is 0. The van der Waals surface area contributed by atoms with Gasteiger partial charge in [0.2, 0.25) is 0 Å². The summed E-state index contributed by atoms with van der Waals surface area (Å²) in [4.78, 5) is 4.84. The lowest BCUT2D eigenvalue weighted by Gasteiger charge is -2.33. The van der Waals surface area contributed by atoms with E-state index in [0.717, 1.165) is 25.9 Å². The van der Waals surface area contributed by atoms with Crippen LogP contribution >= 0.6 is 0 Å². The third kappa shape index (κ3) is 2.20. The van der Waals surface area contributed by atoms with Gasteiger partial charge >= 0.3 is 0 Å². The first-order valence-electron chi connectivity index (χ1n) is 5.32. The summed E-state index contributed by atoms with van der Waals surface area (Å²) in [6.45, 7) is 4.33. The molecule has 76 valence electrons. The smallest absolute Gasteiger partial charge is 0.103 e. The van der Waals surface area contributed by atoms with Gasteiger partial charge in [-0.25, -0.2) is 4.39 Å². The number of alkyl halides is 1. The highest BCUT2D eigenvalue weighted by Crippen LogP contribution is 2.20. The fraction of sp³-hybridized carbons (Fsp3) is 1.00. The molecule has 3 heteroatoms. The zero-order chi connectivity index (χ0) is 9.26. The van der Waals surface area contributed by atoms with Gasteiger partial charge in [-0.3, -0.25) is 4.90 Å². The van der Waals surface area contributed by atoms with Gasteiger partial charge in [0.05, 0.1) is 0 Å². The summed E-state index contributed by atoms with van der Waals surface area (Å²) in [5.74, 6) is 0. The lowest BCUT2D eigenvalue weighted by molar-refractivity contribution is 0.114. The van der Waals surface area contributed by atoms with Crippen molar-refractivity contribution in [3.05, 3.63) is 0 Å². The maximum Gasteiger partial charge on any atom is 0.103 e. The Bertz CT molecular complexity index is 166. The molecule has 0 radical (unpaired) electrons. The van der Waals surface area contributed by atoms with E-state index in [4.69, 9.17) is 0 Å². The van der Waals surface area contributed by atoms with Crippen molar-refractivity contribution in [1.82, 2.24) is 9.80 Å². The van der Waals surface area contributed by atoms with E-state index in [0.29, 0.717) is 6.04 Å². The number of halogens is 1. The summed E-state index contributed by atoms with van der Waals surface area (Å²) < 4.78 is 12.9. The van der Waals surface area contributed by atoms with Crippen LogP contribution in [0.2, 0.25) is 0 Å². The number of rotatable bonds is 1. The second-order valence-corrected chi connectivity index (χ2v) is 4.42. The largest absolute Gasteiger partial charge is 0.305 e. The Morgan fingerprint density at radius 3 is 2.31 bits per heavy atom. The zero-order valence-corrected chi connectivity index (χ0v) is 8.38. The van der Waals surface area contributed by atoms with E-state index >= 15 is 0 Å². The normalized spacial score (nSPS) is 34.2. The summed E-state index contributed by atoms with van der Waals surface area (Å²) in [6, 6.07) is 0.706. The molecule has 2 fully saturated rings. The van der Waals surface area contributed by atoms with Crippen LogP contribution in [-0.4, -0.2) is 55.2 Å². The number of likely N-dealkylation sites (N-methyl/N-ethyl adjacent to an activating group) is 1. The molecule has 0 aromatic carbocycles. The van der Waals surface area contributed by atoms with Gasteiger partial charge in [0, 0.05) is 25.7 Å². The third-order valence-corrected chi connectivity index (χ3v) is 3.34. The van der Waals surface area contributed by atoms with Gasteiger partial charge in [-0.2, -0.15) is 0 Å². The van der Waals surface area contributed by atoms with Crippen molar-refractivity contribution in [2.45, 2.75) is 31.5 Å². The predicted octanol–water partition coefficient (Wildman–Crippen LogP) is 1.12. The van der Waals surface area contributed by atoms with Gasteiger partial charge in [0.25, 0.3) is 0 Å². The second-order valence-electron chi connectivity index (χ2n) is 4.42. The molecule has 13 heavy (non-hydrogen) atoms. The molecule has 1 atom stereocenters. The number of piperidine rings is 1. The molecule has 2 nitrogen and oxygen atoms in total. The van der Waals surface area contributed by atoms with Crippen molar-refractivity contribution >= 4 is 0 Å². The van der Waals surface area contributed by atoms with Crippen LogP contribution in [0.1, 0.15) is 19.3 Å². The Morgan fingerprint density at radius 2 is 1.77 bits per heavy atom. The van der Waals surface area contributed by atoms with Crippen molar-refractivity contribution < 1.29 is 4.39 Å². The molecule has 0 aliphatic carbocycles. The molecule has 0 saturated carbocycles. The molecular weight excluding hydrogens is 167 g/mol. The predicted molar refractivity (Wildman–Crippen MR) is 51.6 cm³/mol. The molecule has 2 saturated heterocycles. The van der Waals surface area contributed by atoms with Crippen LogP contribution in [0.25, 0.3) is 0 Å². The monoisotopic (exact) mass is 186 g/mol. The van der Waals surface area contributed by atoms with E-state index in [2.05, 4.69) is 16.8 Å². The molecule has 0 aromatic heterocycles. The molecule has 2 aliphatic heterocycles. The SMILES string of the molecule is CN1CCC(N2CCC(F)CC2)C1. The van der Waals surface area contributed by atoms with Crippen molar-refractivity contribution in [2.24, 2.45) is 0 Å². The fourth-order valence-electron chi connectivity index (χ4n) is 2.44. The van der Waals surface area contributed by atoms with E-state index in [1.807, 2.05) is 0 Å². The van der Waals surface area contributed by atoms with Gasteiger partial charge in [-0.1, -0.05) is 0 Å². The highest BCUT2D eigenvalue weighted by atomic mass is 19.1. The summed E-state index contributed by atoms with van der Waals surface area (Å²) in [7, 11) is 2.17. The number of likely N-dealkylation sites (tertiary alicyclic amines) is 2. The van der Waals surface area contributed by atoms with Gasteiger partial charge in [0.15, 0.2) is 0 Å². The quantitative estimate of drug-likeness (QED) is 0.605. The maximum atomic E-state index is 12.9. The first-order valence-corrected chi connectivity index (χ1v) is 5.32. The Labute approximate surface area is 79.7 Å². The van der Waals surface area contributed by atoms with Crippen molar-refractivity contribution in [1.29, 1.82) is 0 Å². The van der Waals surface area contributed by atoms with E-state index in [1.165, 1.54) is 19.5 Å². The van der Waals surface area contributed by atoms with Gasteiger partial charge in [0.1, 0.15) is 6.17 Å². The van der Waals surface area contributed by atoms with E-state index in [-0.39, 0.29) is 0 Å². The van der Waals surface area contributed by atoms with Crippen molar-refractivity contribution in [3.63, 3.8) is 0 Å². The molecule has 0 N–H and O–H groups in total. The standard InChI is InChI=1S/C10H19FN2/c1-12-5-4-10(8-12)13-6-2-9(11)3-7-13/h9-10H,2-8H2,1H3. The van der Waals surface area contributed by atoms with Crippen molar-refractivity contribution in [2.75, 3.05) is 33.2 Å². The average Bonchev–Trinajstić information content (AvgIpc) is 2.53. The Kier molecular flexibility index (Phi) is 2.84. The minimum atomic E-state index is -0.532. The molecular formula is C10H19FN2. The highest BCUT2D eigenvalue weighted by Gasteiger charge is 2.28. The molecule has 0 bridgehead atoms. The van der Waals surface area contributed by atoms with Crippen LogP contribution < -0.4 is 0 Å². The first-order chi connectivity index (χ1) is 6.25. The summed E-state index contributed by atoms with van der Waals surface area (Å²) in [6.07, 6.45) is 2.24. The number of nitrogens with zero attached hydrogens (tertiary/aromatic N) is 2. The molecule has 0 aromatic rings. The molecule has 0 amide bonds. The van der Waals surface area contributed by atoms with Crippen LogP contribution in [0.5, 0.6) is 0 Å². The van der Waals surface area contributed by atoms with Crippen LogP contribution in [0, 0.1) is 0 Å². The topological polar surface area (TPSA) is 6.48 Å². The van der Waals surface area contributed by atoms with Crippen LogP contribution in [0.4, 0.5) is 4.39 Å². The molecule has 2 aliphatic rings. The lowest BCUT2D eigenvalue weighted by Crippen LogP contribution is -2.43. The Balaban J connectivity index is 1.81. The third-order valence-electron chi connectivity index (χ3n) is 3.34. The minimum absolute atomic E-state index is 0.532. The average molecular weight is 186 g/mol. The molecule has 2 rings (SSSR count). The van der Waals surface area contributed by atoms with E-state index in [1.54, 1.807) is 0 Å². The van der Waals surface area contributed by atoms with E-state index in [9.17, 15) is 4.39 Å². The van der Waals surface area contributed by atoms with Crippen LogP contribution in [0.3, 0.4) is 0 Å². The summed E-state index contributed by atoms with van der Waals surface area (Å²) in [5.41, 5.74) is 0. The van der Waals surface area contributed by atoms with Crippen LogP contribution in [-0.2, 0) is 0 Å². The summed E-state index contributed by atoms with van der Waals surface area (Å²) >= 11 is 0. The molecule has 1 unspecified atom stereocenters. The zero-order valence-electron chi connectivity index (χ0n) is 8.38. The van der Waals surface area contributed by atoms with Crippen LogP contribution in [0.15, 0.2) is 0 Å². The molecule has 0 spiro atoms. The number of hydrogen-bond acceptors (Lipinski definition) is 2. The minimum Gasteiger partial charge on any atom is -0.305 e. The highest BCUT2D eigenvalue weighted by molar-refractivity contribution is 4.84. The van der Waals surface area contributed by atoms with E-state index < -0.39 is 6.17 Å². The first kappa shape index (κ1) is 9.41. The second kappa shape index (κ2) is 3.93. The van der Waals surface area contributed by atoms with Crippen molar-refractivity contribution in [3.8, 4) is 0 Å². The lowest BCUT2D eigenvalue weighted by atomic mass is 10.1. The van der Waals surface area contributed by atoms with Gasteiger partial charge in [-0.15, -0.1) is 0 Å². The maximum absolute atomic E-state index is 12.9. The Morgan fingerprint density at radius 1 is 1.08 bits per heavy atom. The van der Waals surface area contributed by atoms with Gasteiger partial charge in [-0.05, 0) is 32.9 Å². The Hall–Kier alpha value is -0.150. The number of hydrogen-bond donors (Lipinski definition) is 0. The van der Waals surface area contributed by atoms with Gasteiger partial charge < -0.3 is 4.90 Å². The fourth-order valence-corrected chi connectivity index (χ4v) is 2.44. The molecule has 2 heterocycles.